The molecule has 1 saturated heterocycles. The SMILES string of the molecule is C[C@@H](c1ccccc1)N1CC[C@H](Cc2cc3c(cc2Cl)OCO3)C1=O. The number of likely N-dealkylation sites (tertiary alicyclic amines) is 1. The Morgan fingerprint density at radius 2 is 1.92 bits per heavy atom. The van der Waals surface area contributed by atoms with Gasteiger partial charge in [0.05, 0.1) is 6.04 Å². The molecule has 0 N–H and O–H groups in total. The van der Waals surface area contributed by atoms with E-state index in [-0.39, 0.29) is 24.7 Å². The number of rotatable bonds is 4. The fourth-order valence-corrected chi connectivity index (χ4v) is 3.86. The van der Waals surface area contributed by atoms with Gasteiger partial charge < -0.3 is 14.4 Å². The van der Waals surface area contributed by atoms with Crippen LogP contribution in [0.2, 0.25) is 5.02 Å². The third kappa shape index (κ3) is 3.07. The Kier molecular flexibility index (Phi) is 4.30. The number of carbonyl (C=O) groups excluding carboxylic acids is 1. The summed E-state index contributed by atoms with van der Waals surface area (Å²) in [6, 6.07) is 13.9. The third-order valence-electron chi connectivity index (χ3n) is 5.11. The van der Waals surface area contributed by atoms with Gasteiger partial charge in [-0.25, -0.2) is 0 Å². The quantitative estimate of drug-likeness (QED) is 0.822. The number of ether oxygens (including phenoxy) is 2. The summed E-state index contributed by atoms with van der Waals surface area (Å²) in [6.45, 7) is 3.09. The normalized spacial score (nSPS) is 20.2. The monoisotopic (exact) mass is 357 g/mol. The van der Waals surface area contributed by atoms with Crippen molar-refractivity contribution in [1.82, 2.24) is 4.90 Å². The second kappa shape index (κ2) is 6.60. The molecular weight excluding hydrogens is 338 g/mol. The van der Waals surface area contributed by atoms with Crippen LogP contribution < -0.4 is 9.47 Å². The maximum absolute atomic E-state index is 12.9. The summed E-state index contributed by atoms with van der Waals surface area (Å²) in [7, 11) is 0. The number of carbonyl (C=O) groups is 1. The fraction of sp³-hybridized carbons (Fsp3) is 0.350. The first-order valence-electron chi connectivity index (χ1n) is 8.57. The standard InChI is InChI=1S/C20H20ClNO3/c1-13(14-5-3-2-4-6-14)22-8-7-15(20(22)23)9-16-10-18-19(11-17(16)21)25-12-24-18/h2-6,10-11,13,15H,7-9,12H2,1H3/t13-,15+/m0/s1. The van der Waals surface area contributed by atoms with Crippen LogP contribution in [0.3, 0.4) is 0 Å². The number of nitrogens with zero attached hydrogens (tertiary/aromatic N) is 1. The summed E-state index contributed by atoms with van der Waals surface area (Å²) in [5.74, 6) is 1.54. The molecule has 0 aromatic heterocycles. The molecule has 25 heavy (non-hydrogen) atoms. The van der Waals surface area contributed by atoms with E-state index in [0.29, 0.717) is 22.9 Å². The molecule has 0 saturated carbocycles. The Morgan fingerprint density at radius 3 is 2.68 bits per heavy atom. The number of halogens is 1. The Labute approximate surface area is 152 Å². The highest BCUT2D eigenvalue weighted by Gasteiger charge is 2.35. The second-order valence-corrected chi connectivity index (χ2v) is 7.01. The van der Waals surface area contributed by atoms with Crippen molar-refractivity contribution in [3.63, 3.8) is 0 Å². The molecule has 4 nitrogen and oxygen atoms in total. The van der Waals surface area contributed by atoms with Crippen LogP contribution in [0.25, 0.3) is 0 Å². The van der Waals surface area contributed by atoms with Crippen LogP contribution >= 0.6 is 11.6 Å². The molecule has 0 spiro atoms. The van der Waals surface area contributed by atoms with Gasteiger partial charge in [-0.1, -0.05) is 41.9 Å². The van der Waals surface area contributed by atoms with E-state index in [1.165, 1.54) is 0 Å². The van der Waals surface area contributed by atoms with Gasteiger partial charge in [0, 0.05) is 23.6 Å². The van der Waals surface area contributed by atoms with E-state index in [4.69, 9.17) is 21.1 Å². The van der Waals surface area contributed by atoms with Crippen molar-refractivity contribution in [3.05, 3.63) is 58.6 Å². The summed E-state index contributed by atoms with van der Waals surface area (Å²) in [5, 5.41) is 0.631. The van der Waals surface area contributed by atoms with Crippen LogP contribution in [-0.4, -0.2) is 24.1 Å². The number of amides is 1. The predicted octanol–water partition coefficient (Wildman–Crippen LogP) is 4.22. The summed E-state index contributed by atoms with van der Waals surface area (Å²) >= 11 is 6.37. The van der Waals surface area contributed by atoms with Gasteiger partial charge in [-0.2, -0.15) is 0 Å². The van der Waals surface area contributed by atoms with Gasteiger partial charge in [0.2, 0.25) is 12.7 Å². The molecule has 2 heterocycles. The lowest BCUT2D eigenvalue weighted by Gasteiger charge is -2.25. The molecule has 2 aliphatic rings. The Bertz CT molecular complexity index is 793. The third-order valence-corrected chi connectivity index (χ3v) is 5.46. The average molecular weight is 358 g/mol. The number of fused-ring (bicyclic) bond motifs is 1. The van der Waals surface area contributed by atoms with Crippen LogP contribution in [0.1, 0.15) is 30.5 Å². The van der Waals surface area contributed by atoms with Crippen LogP contribution in [0, 0.1) is 5.92 Å². The molecule has 2 aromatic carbocycles. The molecular formula is C20H20ClNO3. The summed E-state index contributed by atoms with van der Waals surface area (Å²) in [4.78, 5) is 14.9. The molecule has 0 radical (unpaired) electrons. The Morgan fingerprint density at radius 1 is 1.20 bits per heavy atom. The first-order valence-corrected chi connectivity index (χ1v) is 8.94. The molecule has 1 fully saturated rings. The van der Waals surface area contributed by atoms with E-state index in [1.807, 2.05) is 29.2 Å². The van der Waals surface area contributed by atoms with Gasteiger partial charge >= 0.3 is 0 Å². The molecule has 0 unspecified atom stereocenters. The largest absolute Gasteiger partial charge is 0.454 e. The lowest BCUT2D eigenvalue weighted by Crippen LogP contribution is -2.30. The average Bonchev–Trinajstić information content (AvgIpc) is 3.22. The van der Waals surface area contributed by atoms with E-state index in [0.717, 1.165) is 24.1 Å². The molecule has 2 aliphatic heterocycles. The molecule has 5 heteroatoms. The molecule has 0 bridgehead atoms. The number of benzene rings is 2. The van der Waals surface area contributed by atoms with E-state index >= 15 is 0 Å². The van der Waals surface area contributed by atoms with Crippen molar-refractivity contribution in [2.75, 3.05) is 13.3 Å². The molecule has 2 atom stereocenters. The maximum Gasteiger partial charge on any atom is 0.231 e. The zero-order valence-corrected chi connectivity index (χ0v) is 14.8. The first kappa shape index (κ1) is 16.3. The van der Waals surface area contributed by atoms with Crippen LogP contribution in [0.15, 0.2) is 42.5 Å². The summed E-state index contributed by atoms with van der Waals surface area (Å²) in [6.07, 6.45) is 1.48. The zero-order valence-electron chi connectivity index (χ0n) is 14.1. The molecule has 0 aliphatic carbocycles. The van der Waals surface area contributed by atoms with E-state index < -0.39 is 0 Å². The van der Waals surface area contributed by atoms with E-state index in [2.05, 4.69) is 19.1 Å². The van der Waals surface area contributed by atoms with Crippen molar-refractivity contribution in [2.24, 2.45) is 5.92 Å². The number of hydrogen-bond acceptors (Lipinski definition) is 3. The summed E-state index contributed by atoms with van der Waals surface area (Å²) < 4.78 is 10.8. The van der Waals surface area contributed by atoms with Gasteiger partial charge in [0.1, 0.15) is 0 Å². The number of hydrogen-bond donors (Lipinski definition) is 0. The van der Waals surface area contributed by atoms with Gasteiger partial charge in [-0.05, 0) is 37.0 Å². The minimum atomic E-state index is -0.0379. The summed E-state index contributed by atoms with van der Waals surface area (Å²) in [5.41, 5.74) is 2.11. The van der Waals surface area contributed by atoms with Gasteiger partial charge in [0.15, 0.2) is 11.5 Å². The highest BCUT2D eigenvalue weighted by Crippen LogP contribution is 2.39. The Hall–Kier alpha value is -2.20. The highest BCUT2D eigenvalue weighted by atomic mass is 35.5. The molecule has 130 valence electrons. The van der Waals surface area contributed by atoms with Crippen molar-refractivity contribution in [2.45, 2.75) is 25.8 Å². The lowest BCUT2D eigenvalue weighted by atomic mass is 9.97. The van der Waals surface area contributed by atoms with Gasteiger partial charge in [-0.3, -0.25) is 4.79 Å². The van der Waals surface area contributed by atoms with Crippen LogP contribution in [0.5, 0.6) is 11.5 Å². The van der Waals surface area contributed by atoms with Crippen LogP contribution in [0.4, 0.5) is 0 Å². The molecule has 4 rings (SSSR count). The molecule has 1 amide bonds. The highest BCUT2D eigenvalue weighted by molar-refractivity contribution is 6.31. The van der Waals surface area contributed by atoms with E-state index in [9.17, 15) is 4.79 Å². The van der Waals surface area contributed by atoms with Crippen molar-refractivity contribution in [1.29, 1.82) is 0 Å². The van der Waals surface area contributed by atoms with Gasteiger partial charge in [0.25, 0.3) is 0 Å². The predicted molar refractivity (Wildman–Crippen MR) is 96.0 cm³/mol. The van der Waals surface area contributed by atoms with E-state index in [1.54, 1.807) is 6.07 Å². The van der Waals surface area contributed by atoms with Crippen LogP contribution in [-0.2, 0) is 11.2 Å². The minimum absolute atomic E-state index is 0.0379. The van der Waals surface area contributed by atoms with Crippen molar-refractivity contribution in [3.8, 4) is 11.5 Å². The fourth-order valence-electron chi connectivity index (χ4n) is 3.63. The lowest BCUT2D eigenvalue weighted by molar-refractivity contribution is -0.132. The van der Waals surface area contributed by atoms with Gasteiger partial charge in [-0.15, -0.1) is 0 Å². The smallest absolute Gasteiger partial charge is 0.231 e. The first-order chi connectivity index (χ1) is 12.1. The van der Waals surface area contributed by atoms with Crippen molar-refractivity contribution < 1.29 is 14.3 Å². The Balaban J connectivity index is 1.49. The minimum Gasteiger partial charge on any atom is -0.454 e. The zero-order chi connectivity index (χ0) is 17.4. The maximum atomic E-state index is 12.9. The topological polar surface area (TPSA) is 38.8 Å². The second-order valence-electron chi connectivity index (χ2n) is 6.60. The molecule has 2 aromatic rings. The van der Waals surface area contributed by atoms with Crippen molar-refractivity contribution >= 4 is 17.5 Å².